The SMILES string of the molecule is C[Si](C)(C)c1cn(Cc2ccccc2)n[n+]1[O-]. The molecule has 90 valence electrons. The van der Waals surface area contributed by atoms with E-state index < -0.39 is 8.07 Å². The minimum Gasteiger partial charge on any atom is -0.691 e. The molecular weight excluding hydrogens is 230 g/mol. The average Bonchev–Trinajstić information content (AvgIpc) is 2.60. The van der Waals surface area contributed by atoms with E-state index in [2.05, 4.69) is 24.9 Å². The molecule has 0 fully saturated rings. The number of rotatable bonds is 3. The Bertz CT molecular complexity index is 502. The lowest BCUT2D eigenvalue weighted by Crippen LogP contribution is -2.57. The van der Waals surface area contributed by atoms with E-state index in [1.165, 1.54) is 0 Å². The Balaban J connectivity index is 2.24. The van der Waals surface area contributed by atoms with E-state index in [-0.39, 0.29) is 0 Å². The number of benzene rings is 1. The van der Waals surface area contributed by atoms with Crippen molar-refractivity contribution < 1.29 is 4.85 Å². The van der Waals surface area contributed by atoms with Gasteiger partial charge in [0, 0.05) is 0 Å². The molecule has 2 rings (SSSR count). The van der Waals surface area contributed by atoms with Crippen LogP contribution in [0.3, 0.4) is 0 Å². The Hall–Kier alpha value is -1.62. The van der Waals surface area contributed by atoms with Crippen LogP contribution in [0.1, 0.15) is 5.56 Å². The van der Waals surface area contributed by atoms with Crippen molar-refractivity contribution in [3.05, 3.63) is 47.3 Å². The highest BCUT2D eigenvalue weighted by Crippen LogP contribution is 2.02. The van der Waals surface area contributed by atoms with Gasteiger partial charge in [0.2, 0.25) is 0 Å². The first-order valence-electron chi connectivity index (χ1n) is 5.68. The molecule has 4 nitrogen and oxygen atoms in total. The summed E-state index contributed by atoms with van der Waals surface area (Å²) in [5, 5.41) is 16.5. The lowest BCUT2D eigenvalue weighted by Gasteiger charge is -2.11. The van der Waals surface area contributed by atoms with Crippen molar-refractivity contribution in [3.8, 4) is 0 Å². The first kappa shape index (κ1) is 11.9. The van der Waals surface area contributed by atoms with Crippen LogP contribution in [0.2, 0.25) is 19.6 Å². The second kappa shape index (κ2) is 4.33. The van der Waals surface area contributed by atoms with Gasteiger partial charge in [-0.05, 0) is 5.56 Å². The van der Waals surface area contributed by atoms with Crippen molar-refractivity contribution in [3.63, 3.8) is 0 Å². The van der Waals surface area contributed by atoms with E-state index >= 15 is 0 Å². The molecule has 0 saturated heterocycles. The van der Waals surface area contributed by atoms with Crippen molar-refractivity contribution in [1.82, 2.24) is 9.90 Å². The number of nitrogens with zero attached hydrogens (tertiary/aromatic N) is 3. The number of hydrogen-bond acceptors (Lipinski definition) is 2. The van der Waals surface area contributed by atoms with Gasteiger partial charge in [-0.2, -0.15) is 0 Å². The maximum atomic E-state index is 11.7. The fraction of sp³-hybridized carbons (Fsp3) is 0.333. The third-order valence-corrected chi connectivity index (χ3v) is 4.49. The summed E-state index contributed by atoms with van der Waals surface area (Å²) in [7, 11) is -1.61. The first-order chi connectivity index (χ1) is 7.97. The van der Waals surface area contributed by atoms with Crippen LogP contribution in [0.15, 0.2) is 36.5 Å². The van der Waals surface area contributed by atoms with Gasteiger partial charge in [-0.15, -0.1) is 9.53 Å². The monoisotopic (exact) mass is 247 g/mol. The molecule has 0 aliphatic carbocycles. The molecule has 0 atom stereocenters. The molecule has 0 aliphatic heterocycles. The summed E-state index contributed by atoms with van der Waals surface area (Å²) >= 11 is 0. The molecule has 0 aliphatic rings. The Kier molecular flexibility index (Phi) is 3.02. The molecule has 0 amide bonds. The van der Waals surface area contributed by atoms with Gasteiger partial charge in [0.1, 0.15) is 19.9 Å². The van der Waals surface area contributed by atoms with Crippen LogP contribution in [-0.4, -0.2) is 18.0 Å². The van der Waals surface area contributed by atoms with Gasteiger partial charge in [-0.1, -0.05) is 50.0 Å². The summed E-state index contributed by atoms with van der Waals surface area (Å²) in [4.78, 5) is 0.773. The van der Waals surface area contributed by atoms with Crippen molar-refractivity contribution in [2.45, 2.75) is 26.2 Å². The normalized spacial score (nSPS) is 11.7. The second-order valence-corrected chi connectivity index (χ2v) is 10.2. The topological polar surface area (TPSA) is 44.8 Å². The summed E-state index contributed by atoms with van der Waals surface area (Å²) in [6, 6.07) is 10.0. The summed E-state index contributed by atoms with van der Waals surface area (Å²) < 4.78 is 1.72. The van der Waals surface area contributed by atoms with E-state index in [0.29, 0.717) is 6.54 Å². The fourth-order valence-electron chi connectivity index (χ4n) is 1.70. The van der Waals surface area contributed by atoms with Gasteiger partial charge < -0.3 is 5.21 Å². The zero-order chi connectivity index (χ0) is 12.5. The highest BCUT2D eigenvalue weighted by Gasteiger charge is 2.26. The standard InChI is InChI=1S/C12H17N3OSi/c1-17(2,3)12-10-14(13-15(12)16)9-11-7-5-4-6-8-11/h4-8,10H,9H2,1-3H3. The number of hydrogen-bond donors (Lipinski definition) is 0. The molecule has 0 unspecified atom stereocenters. The van der Waals surface area contributed by atoms with Crippen LogP contribution >= 0.6 is 0 Å². The fourth-order valence-corrected chi connectivity index (χ4v) is 2.85. The van der Waals surface area contributed by atoms with Gasteiger partial charge >= 0.3 is 0 Å². The Morgan fingerprint density at radius 3 is 2.41 bits per heavy atom. The van der Waals surface area contributed by atoms with E-state index in [4.69, 9.17) is 0 Å². The molecule has 5 heteroatoms. The Morgan fingerprint density at radius 1 is 1.24 bits per heavy atom. The molecule has 0 spiro atoms. The third kappa shape index (κ3) is 2.74. The smallest absolute Gasteiger partial charge is 0.153 e. The van der Waals surface area contributed by atoms with Gasteiger partial charge in [0.15, 0.2) is 6.20 Å². The average molecular weight is 247 g/mol. The van der Waals surface area contributed by atoms with Crippen LogP contribution in [-0.2, 0) is 6.54 Å². The molecule has 17 heavy (non-hydrogen) atoms. The predicted molar refractivity (Wildman–Crippen MR) is 69.7 cm³/mol. The summed E-state index contributed by atoms with van der Waals surface area (Å²) in [6.07, 6.45) is 1.88. The largest absolute Gasteiger partial charge is 0.691 e. The van der Waals surface area contributed by atoms with E-state index in [1.54, 1.807) is 4.68 Å². The van der Waals surface area contributed by atoms with Gasteiger partial charge in [-0.25, -0.2) is 0 Å². The lowest BCUT2D eigenvalue weighted by molar-refractivity contribution is -0.654. The molecule has 1 aromatic heterocycles. The van der Waals surface area contributed by atoms with Gasteiger partial charge in [0.05, 0.1) is 5.21 Å². The van der Waals surface area contributed by atoms with E-state index in [1.807, 2.05) is 36.5 Å². The van der Waals surface area contributed by atoms with Crippen molar-refractivity contribution in [2.75, 3.05) is 0 Å². The summed E-state index contributed by atoms with van der Waals surface area (Å²) in [6.45, 7) is 7.08. The molecule has 1 aromatic carbocycles. The zero-order valence-corrected chi connectivity index (χ0v) is 11.4. The molecular formula is C12H17N3OSi. The summed E-state index contributed by atoms with van der Waals surface area (Å²) in [5.41, 5.74) is 1.15. The van der Waals surface area contributed by atoms with E-state index in [0.717, 1.165) is 15.7 Å². The first-order valence-corrected chi connectivity index (χ1v) is 9.18. The molecule has 1 heterocycles. The molecule has 0 N–H and O–H groups in total. The second-order valence-electron chi connectivity index (χ2n) is 5.21. The molecule has 0 radical (unpaired) electrons. The van der Waals surface area contributed by atoms with Crippen LogP contribution in [0.5, 0.6) is 0 Å². The third-order valence-electron chi connectivity index (χ3n) is 2.63. The highest BCUT2D eigenvalue weighted by atomic mass is 28.3. The molecule has 0 bridgehead atoms. The maximum absolute atomic E-state index is 11.7. The quantitative estimate of drug-likeness (QED) is 0.463. The summed E-state index contributed by atoms with van der Waals surface area (Å²) in [5.74, 6) is 0. The zero-order valence-electron chi connectivity index (χ0n) is 10.4. The van der Waals surface area contributed by atoms with Crippen molar-refractivity contribution in [1.29, 1.82) is 0 Å². The van der Waals surface area contributed by atoms with Crippen molar-refractivity contribution in [2.24, 2.45) is 0 Å². The van der Waals surface area contributed by atoms with Gasteiger partial charge in [-0.3, -0.25) is 0 Å². The van der Waals surface area contributed by atoms with Crippen LogP contribution < -0.4 is 10.2 Å². The minimum atomic E-state index is -1.61. The van der Waals surface area contributed by atoms with Crippen LogP contribution in [0, 0.1) is 5.21 Å². The van der Waals surface area contributed by atoms with Gasteiger partial charge in [0.25, 0.3) is 0 Å². The predicted octanol–water partition coefficient (Wildman–Crippen LogP) is 1.11. The minimum absolute atomic E-state index is 0.646. The number of aromatic nitrogens is 3. The Morgan fingerprint density at radius 2 is 1.88 bits per heavy atom. The highest BCUT2D eigenvalue weighted by molar-refractivity contribution is 6.87. The molecule has 2 aromatic rings. The Labute approximate surface area is 102 Å². The van der Waals surface area contributed by atoms with Crippen LogP contribution in [0.4, 0.5) is 0 Å². The lowest BCUT2D eigenvalue weighted by atomic mass is 10.2. The molecule has 0 saturated carbocycles. The van der Waals surface area contributed by atoms with Crippen LogP contribution in [0.25, 0.3) is 0 Å². The maximum Gasteiger partial charge on any atom is 0.153 e. The van der Waals surface area contributed by atoms with E-state index in [9.17, 15) is 5.21 Å². The van der Waals surface area contributed by atoms with Crippen molar-refractivity contribution >= 4 is 13.4 Å².